The van der Waals surface area contributed by atoms with E-state index in [9.17, 15) is 0 Å². The summed E-state index contributed by atoms with van der Waals surface area (Å²) in [5.41, 5.74) is 8.28. The fraction of sp³-hybridized carbons (Fsp3) is 0.250. The molecule has 20 heavy (non-hydrogen) atoms. The van der Waals surface area contributed by atoms with E-state index in [1.165, 1.54) is 5.56 Å². The van der Waals surface area contributed by atoms with E-state index in [0.717, 1.165) is 21.6 Å². The Morgan fingerprint density at radius 3 is 2.40 bits per heavy atom. The molecular formula is C16H18BrClN2. The summed E-state index contributed by atoms with van der Waals surface area (Å²) in [4.78, 5) is 2.23. The van der Waals surface area contributed by atoms with Crippen LogP contribution in [-0.4, -0.2) is 18.5 Å². The van der Waals surface area contributed by atoms with Crippen LogP contribution in [0.5, 0.6) is 0 Å². The first-order chi connectivity index (χ1) is 9.61. The van der Waals surface area contributed by atoms with Crippen molar-refractivity contribution in [2.75, 3.05) is 13.6 Å². The van der Waals surface area contributed by atoms with E-state index < -0.39 is 0 Å². The predicted octanol–water partition coefficient (Wildman–Crippen LogP) is 4.23. The molecule has 0 aliphatic carbocycles. The van der Waals surface area contributed by atoms with Gasteiger partial charge in [-0.05, 0) is 36.4 Å². The summed E-state index contributed by atoms with van der Waals surface area (Å²) in [5.74, 6) is 0. The second kappa shape index (κ2) is 7.23. The van der Waals surface area contributed by atoms with Gasteiger partial charge in [0.25, 0.3) is 0 Å². The lowest BCUT2D eigenvalue weighted by atomic mass is 10.1. The molecule has 2 aromatic rings. The number of hydrogen-bond donors (Lipinski definition) is 1. The zero-order valence-corrected chi connectivity index (χ0v) is 13.7. The van der Waals surface area contributed by atoms with E-state index in [2.05, 4.69) is 40.0 Å². The summed E-state index contributed by atoms with van der Waals surface area (Å²) in [6, 6.07) is 16.4. The van der Waals surface area contributed by atoms with Crippen LogP contribution in [0, 0.1) is 0 Å². The van der Waals surface area contributed by atoms with Crippen molar-refractivity contribution >= 4 is 27.5 Å². The maximum absolute atomic E-state index is 6.22. The van der Waals surface area contributed by atoms with Crippen molar-refractivity contribution in [2.24, 2.45) is 5.73 Å². The van der Waals surface area contributed by atoms with Crippen LogP contribution in [0.1, 0.15) is 17.2 Å². The summed E-state index contributed by atoms with van der Waals surface area (Å²) >= 11 is 9.67. The smallest absolute Gasteiger partial charge is 0.0470 e. The molecule has 1 atom stereocenters. The first kappa shape index (κ1) is 15.5. The normalized spacial score (nSPS) is 12.7. The van der Waals surface area contributed by atoms with Gasteiger partial charge >= 0.3 is 0 Å². The Morgan fingerprint density at radius 1 is 1.15 bits per heavy atom. The Morgan fingerprint density at radius 2 is 1.80 bits per heavy atom. The van der Waals surface area contributed by atoms with E-state index in [-0.39, 0.29) is 6.04 Å². The van der Waals surface area contributed by atoms with Crippen LogP contribution in [0.15, 0.2) is 53.0 Å². The fourth-order valence-corrected chi connectivity index (χ4v) is 2.72. The van der Waals surface area contributed by atoms with Gasteiger partial charge in [-0.15, -0.1) is 0 Å². The topological polar surface area (TPSA) is 29.3 Å². The highest BCUT2D eigenvalue weighted by Crippen LogP contribution is 2.24. The molecule has 0 saturated heterocycles. The molecule has 2 N–H and O–H groups in total. The fourth-order valence-electron chi connectivity index (χ4n) is 2.26. The molecule has 0 amide bonds. The number of benzene rings is 2. The van der Waals surface area contributed by atoms with Crippen LogP contribution in [0.4, 0.5) is 0 Å². The van der Waals surface area contributed by atoms with Crippen LogP contribution < -0.4 is 5.73 Å². The molecule has 106 valence electrons. The third kappa shape index (κ3) is 3.83. The maximum atomic E-state index is 6.22. The molecule has 0 spiro atoms. The van der Waals surface area contributed by atoms with Gasteiger partial charge in [0.05, 0.1) is 0 Å². The molecule has 0 aliphatic rings. The Kier molecular flexibility index (Phi) is 5.61. The van der Waals surface area contributed by atoms with Crippen molar-refractivity contribution in [3.8, 4) is 0 Å². The van der Waals surface area contributed by atoms with Gasteiger partial charge in [-0.1, -0.05) is 57.9 Å². The summed E-state index contributed by atoms with van der Waals surface area (Å²) < 4.78 is 1.07. The van der Waals surface area contributed by atoms with Gasteiger partial charge in [-0.2, -0.15) is 0 Å². The van der Waals surface area contributed by atoms with E-state index >= 15 is 0 Å². The van der Waals surface area contributed by atoms with Gasteiger partial charge in [0.1, 0.15) is 0 Å². The molecule has 1 unspecified atom stereocenters. The quantitative estimate of drug-likeness (QED) is 0.871. The molecule has 4 heteroatoms. The van der Waals surface area contributed by atoms with Gasteiger partial charge in [-0.25, -0.2) is 0 Å². The minimum Gasteiger partial charge on any atom is -0.329 e. The molecule has 0 aromatic heterocycles. The average Bonchev–Trinajstić information content (AvgIpc) is 2.44. The molecule has 0 aliphatic heterocycles. The largest absolute Gasteiger partial charge is 0.329 e. The van der Waals surface area contributed by atoms with E-state index in [4.69, 9.17) is 17.3 Å². The first-order valence-electron chi connectivity index (χ1n) is 6.51. The van der Waals surface area contributed by atoms with Gasteiger partial charge in [0.2, 0.25) is 0 Å². The first-order valence-corrected chi connectivity index (χ1v) is 7.68. The third-order valence-corrected chi connectivity index (χ3v) is 4.29. The number of nitrogens with zero attached hydrogens (tertiary/aromatic N) is 1. The second-order valence-electron chi connectivity index (χ2n) is 4.81. The zero-order chi connectivity index (χ0) is 14.5. The Bertz CT molecular complexity index is 557. The zero-order valence-electron chi connectivity index (χ0n) is 11.4. The molecule has 0 radical (unpaired) electrons. The predicted molar refractivity (Wildman–Crippen MR) is 88.9 cm³/mol. The molecule has 0 heterocycles. The van der Waals surface area contributed by atoms with E-state index in [1.807, 2.05) is 36.4 Å². The minimum absolute atomic E-state index is 0.180. The van der Waals surface area contributed by atoms with Crippen LogP contribution in [0.25, 0.3) is 0 Å². The van der Waals surface area contributed by atoms with Gasteiger partial charge < -0.3 is 5.73 Å². The number of nitrogens with two attached hydrogens (primary N) is 1. The van der Waals surface area contributed by atoms with Gasteiger partial charge in [-0.3, -0.25) is 4.90 Å². The lowest BCUT2D eigenvalue weighted by molar-refractivity contribution is 0.242. The number of rotatable bonds is 5. The minimum atomic E-state index is 0.180. The van der Waals surface area contributed by atoms with Crippen molar-refractivity contribution in [3.63, 3.8) is 0 Å². The lowest BCUT2D eigenvalue weighted by Crippen LogP contribution is -2.30. The molecule has 0 fully saturated rings. The Labute approximate surface area is 133 Å². The summed E-state index contributed by atoms with van der Waals surface area (Å²) in [6.45, 7) is 1.35. The standard InChI is InChI=1S/C16H18BrClN2/c1-20(11-13-4-2-3-5-15(13)18)16(10-19)12-6-8-14(17)9-7-12/h2-9,16H,10-11,19H2,1H3. The van der Waals surface area contributed by atoms with Crippen molar-refractivity contribution in [1.29, 1.82) is 0 Å². The molecule has 2 aromatic carbocycles. The van der Waals surface area contributed by atoms with E-state index in [0.29, 0.717) is 6.54 Å². The monoisotopic (exact) mass is 352 g/mol. The van der Waals surface area contributed by atoms with Crippen LogP contribution >= 0.6 is 27.5 Å². The van der Waals surface area contributed by atoms with Crippen molar-refractivity contribution < 1.29 is 0 Å². The highest BCUT2D eigenvalue weighted by molar-refractivity contribution is 9.10. The number of halogens is 2. The van der Waals surface area contributed by atoms with Crippen molar-refractivity contribution in [1.82, 2.24) is 4.90 Å². The Balaban J connectivity index is 2.15. The molecule has 0 saturated carbocycles. The van der Waals surface area contributed by atoms with Crippen LogP contribution in [-0.2, 0) is 6.54 Å². The van der Waals surface area contributed by atoms with Crippen LogP contribution in [0.3, 0.4) is 0 Å². The van der Waals surface area contributed by atoms with Crippen molar-refractivity contribution in [2.45, 2.75) is 12.6 Å². The van der Waals surface area contributed by atoms with E-state index in [1.54, 1.807) is 0 Å². The molecule has 0 bridgehead atoms. The SMILES string of the molecule is CN(Cc1ccccc1Cl)C(CN)c1ccc(Br)cc1. The number of hydrogen-bond acceptors (Lipinski definition) is 2. The van der Waals surface area contributed by atoms with Crippen LogP contribution in [0.2, 0.25) is 5.02 Å². The summed E-state index contributed by atoms with van der Waals surface area (Å²) in [5, 5.41) is 0.797. The number of likely N-dealkylation sites (N-methyl/N-ethyl adjacent to an activating group) is 1. The lowest BCUT2D eigenvalue weighted by Gasteiger charge is -2.27. The van der Waals surface area contributed by atoms with Gasteiger partial charge in [0.15, 0.2) is 0 Å². The van der Waals surface area contributed by atoms with Gasteiger partial charge in [0, 0.05) is 28.6 Å². The summed E-state index contributed by atoms with van der Waals surface area (Å²) in [7, 11) is 2.07. The summed E-state index contributed by atoms with van der Waals surface area (Å²) in [6.07, 6.45) is 0. The second-order valence-corrected chi connectivity index (χ2v) is 6.13. The molecular weight excluding hydrogens is 336 g/mol. The maximum Gasteiger partial charge on any atom is 0.0470 e. The molecule has 2 nitrogen and oxygen atoms in total. The third-order valence-electron chi connectivity index (χ3n) is 3.39. The highest BCUT2D eigenvalue weighted by Gasteiger charge is 2.16. The van der Waals surface area contributed by atoms with Crippen molar-refractivity contribution in [3.05, 3.63) is 69.2 Å². The highest BCUT2D eigenvalue weighted by atomic mass is 79.9. The Hall–Kier alpha value is -0.870. The average molecular weight is 354 g/mol. The molecule has 2 rings (SSSR count).